The van der Waals surface area contributed by atoms with Crippen LogP contribution in [0.15, 0.2) is 124 Å². The minimum Gasteiger partial charge on any atom is -0.498 e. The number of aryl methyl sites for hydroxylation is 3. The number of benzene rings is 4. The van der Waals surface area contributed by atoms with E-state index in [2.05, 4.69) is 0 Å². The maximum Gasteiger partial charge on any atom is 0.244 e. The first-order valence-corrected chi connectivity index (χ1v) is 18.5. The minimum absolute atomic E-state index is 0.0106. The predicted octanol–water partition coefficient (Wildman–Crippen LogP) is 7.24. The molecule has 0 spiro atoms. The molecule has 0 aromatic heterocycles. The van der Waals surface area contributed by atoms with E-state index in [0.717, 1.165) is 27.8 Å². The third kappa shape index (κ3) is 5.93. The SMILES string of the molecule is CCOC1=C2CN(S(=O)(=O)c3ccc(C)cc3)[C@H](c3ccccc3C)C[C@@H]2N(S(=O)(=O)c2ccc(C)cc2)[C@H](c2ccccc2)C1. The molecule has 4 aromatic carbocycles. The van der Waals surface area contributed by atoms with Crippen LogP contribution in [0.1, 0.15) is 59.7 Å². The topological polar surface area (TPSA) is 84.0 Å². The van der Waals surface area contributed by atoms with Gasteiger partial charge in [0.1, 0.15) is 0 Å². The molecule has 2 aliphatic rings. The van der Waals surface area contributed by atoms with E-state index < -0.39 is 38.2 Å². The monoisotopic (exact) mass is 656 g/mol. The van der Waals surface area contributed by atoms with E-state index in [0.29, 0.717) is 24.4 Å². The Balaban J connectivity index is 1.57. The van der Waals surface area contributed by atoms with Crippen LogP contribution < -0.4 is 0 Å². The van der Waals surface area contributed by atoms with Gasteiger partial charge in [0.05, 0.1) is 40.3 Å². The van der Waals surface area contributed by atoms with E-state index in [9.17, 15) is 16.8 Å². The zero-order chi connectivity index (χ0) is 32.6. The van der Waals surface area contributed by atoms with Gasteiger partial charge in [-0.2, -0.15) is 8.61 Å². The number of piperidine rings is 1. The lowest BCUT2D eigenvalue weighted by atomic mass is 9.83. The number of hydrogen-bond donors (Lipinski definition) is 0. The highest BCUT2D eigenvalue weighted by atomic mass is 32.2. The van der Waals surface area contributed by atoms with Crippen molar-refractivity contribution in [3.05, 3.63) is 142 Å². The first-order chi connectivity index (χ1) is 22.0. The zero-order valence-corrected chi connectivity index (χ0v) is 28.3. The lowest BCUT2D eigenvalue weighted by molar-refractivity contribution is 0.118. The Bertz CT molecular complexity index is 1960. The van der Waals surface area contributed by atoms with Crippen LogP contribution >= 0.6 is 0 Å². The largest absolute Gasteiger partial charge is 0.498 e. The lowest BCUT2D eigenvalue weighted by Crippen LogP contribution is -2.55. The zero-order valence-electron chi connectivity index (χ0n) is 26.6. The molecule has 0 aliphatic carbocycles. The molecule has 7 nitrogen and oxygen atoms in total. The van der Waals surface area contributed by atoms with Crippen molar-refractivity contribution in [3.8, 4) is 0 Å². The molecule has 2 aliphatic heterocycles. The van der Waals surface area contributed by atoms with Crippen molar-refractivity contribution in [3.63, 3.8) is 0 Å². The highest BCUT2D eigenvalue weighted by Crippen LogP contribution is 2.49. The molecule has 0 bridgehead atoms. The Kier molecular flexibility index (Phi) is 8.95. The maximum atomic E-state index is 14.8. The second kappa shape index (κ2) is 12.8. The molecule has 4 aromatic rings. The van der Waals surface area contributed by atoms with E-state index in [1.807, 2.05) is 94.4 Å². The number of ether oxygens (including phenoxy) is 1. The highest BCUT2D eigenvalue weighted by Gasteiger charge is 2.51. The quantitative estimate of drug-likeness (QED) is 0.200. The van der Waals surface area contributed by atoms with Gasteiger partial charge < -0.3 is 4.74 Å². The third-order valence-corrected chi connectivity index (χ3v) is 12.9. The summed E-state index contributed by atoms with van der Waals surface area (Å²) in [6.07, 6.45) is 0.526. The smallest absolute Gasteiger partial charge is 0.244 e. The molecule has 0 saturated carbocycles. The van der Waals surface area contributed by atoms with Crippen molar-refractivity contribution < 1.29 is 21.6 Å². The molecule has 0 N–H and O–H groups in total. The standard InChI is InChI=1S/C37H40N2O5S2/c1-5-44-37-24-34(29-12-7-6-8-13-29)39(46(42,43)31-21-17-27(3)18-22-31)36-23-35(32-14-10-9-11-28(32)4)38(25-33(36)37)45(40,41)30-19-15-26(2)16-20-30/h6-22,34-36H,5,23-25H2,1-4H3/t34-,35-,36-/m0/s1. The van der Waals surface area contributed by atoms with Gasteiger partial charge in [-0.05, 0) is 75.1 Å². The second-order valence-corrected chi connectivity index (χ2v) is 15.9. The highest BCUT2D eigenvalue weighted by molar-refractivity contribution is 7.89. The average Bonchev–Trinajstić information content (AvgIpc) is 3.05. The van der Waals surface area contributed by atoms with Crippen molar-refractivity contribution >= 4 is 20.0 Å². The number of nitrogens with zero attached hydrogens (tertiary/aromatic N) is 2. The van der Waals surface area contributed by atoms with Gasteiger partial charge in [0, 0.05) is 18.5 Å². The van der Waals surface area contributed by atoms with E-state index >= 15 is 0 Å². The van der Waals surface area contributed by atoms with Crippen molar-refractivity contribution in [2.75, 3.05) is 13.2 Å². The summed E-state index contributed by atoms with van der Waals surface area (Å²) in [5, 5.41) is 0. The summed E-state index contributed by atoms with van der Waals surface area (Å²) in [7, 11) is -8.02. The van der Waals surface area contributed by atoms with Crippen LogP contribution in [0.3, 0.4) is 0 Å². The molecular weight excluding hydrogens is 617 g/mol. The summed E-state index contributed by atoms with van der Waals surface area (Å²) in [5.74, 6) is 0.657. The maximum absolute atomic E-state index is 14.8. The van der Waals surface area contributed by atoms with E-state index in [1.54, 1.807) is 45.0 Å². The molecule has 240 valence electrons. The van der Waals surface area contributed by atoms with E-state index in [4.69, 9.17) is 4.74 Å². The molecule has 1 fully saturated rings. The molecule has 46 heavy (non-hydrogen) atoms. The van der Waals surface area contributed by atoms with Crippen LogP contribution in [0.2, 0.25) is 0 Å². The number of hydrogen-bond acceptors (Lipinski definition) is 5. The van der Waals surface area contributed by atoms with Crippen LogP contribution in [-0.2, 0) is 24.8 Å². The Morgan fingerprint density at radius 1 is 0.674 bits per heavy atom. The molecular formula is C37H40N2O5S2. The summed E-state index contributed by atoms with van der Waals surface area (Å²) in [6.45, 7) is 8.11. The molecule has 3 atom stereocenters. The Labute approximate surface area is 273 Å². The molecule has 1 saturated heterocycles. The first kappa shape index (κ1) is 32.2. The number of rotatable bonds is 8. The van der Waals surface area contributed by atoms with Crippen molar-refractivity contribution in [1.29, 1.82) is 0 Å². The summed E-state index contributed by atoms with van der Waals surface area (Å²) in [4.78, 5) is 0.413. The summed E-state index contributed by atoms with van der Waals surface area (Å²) >= 11 is 0. The van der Waals surface area contributed by atoms with Gasteiger partial charge in [0.15, 0.2) is 0 Å². The molecule has 0 unspecified atom stereocenters. The molecule has 6 rings (SSSR count). The van der Waals surface area contributed by atoms with Crippen LogP contribution in [0, 0.1) is 20.8 Å². The summed E-state index contributed by atoms with van der Waals surface area (Å²) in [6, 6.07) is 29.4. The minimum atomic E-state index is -4.03. The molecule has 2 heterocycles. The summed E-state index contributed by atoms with van der Waals surface area (Å²) < 4.78 is 68.0. The van der Waals surface area contributed by atoms with Gasteiger partial charge in [-0.15, -0.1) is 0 Å². The molecule has 0 amide bonds. The van der Waals surface area contributed by atoms with Crippen molar-refractivity contribution in [2.45, 2.75) is 68.5 Å². The number of fused-ring (bicyclic) bond motifs is 1. The van der Waals surface area contributed by atoms with Gasteiger partial charge >= 0.3 is 0 Å². The Morgan fingerprint density at radius 3 is 1.83 bits per heavy atom. The van der Waals surface area contributed by atoms with Crippen LogP contribution in [0.25, 0.3) is 0 Å². The van der Waals surface area contributed by atoms with Crippen molar-refractivity contribution in [2.24, 2.45) is 0 Å². The predicted molar refractivity (Wildman–Crippen MR) is 180 cm³/mol. The second-order valence-electron chi connectivity index (χ2n) is 12.1. The lowest BCUT2D eigenvalue weighted by Gasteiger charge is -2.49. The fourth-order valence-electron chi connectivity index (χ4n) is 6.77. The normalized spacial score (nSPS) is 21.2. The molecule has 9 heteroatoms. The van der Waals surface area contributed by atoms with Gasteiger partial charge in [-0.3, -0.25) is 0 Å². The number of sulfonamides is 2. The first-order valence-electron chi connectivity index (χ1n) is 15.7. The summed E-state index contributed by atoms with van der Waals surface area (Å²) in [5.41, 5.74) is 5.26. The van der Waals surface area contributed by atoms with E-state index in [1.165, 1.54) is 0 Å². The van der Waals surface area contributed by atoms with Gasteiger partial charge in [-0.1, -0.05) is 90.0 Å². The van der Waals surface area contributed by atoms with Gasteiger partial charge in [-0.25, -0.2) is 16.8 Å². The fraction of sp³-hybridized carbons (Fsp3) is 0.297. The Hall–Kier alpha value is -3.76. The fourth-order valence-corrected chi connectivity index (χ4v) is 10.2. The van der Waals surface area contributed by atoms with Crippen LogP contribution in [0.5, 0.6) is 0 Å². The van der Waals surface area contributed by atoms with Crippen molar-refractivity contribution in [1.82, 2.24) is 8.61 Å². The average molecular weight is 657 g/mol. The van der Waals surface area contributed by atoms with Gasteiger partial charge in [0.2, 0.25) is 20.0 Å². The Morgan fingerprint density at radius 2 is 1.24 bits per heavy atom. The van der Waals surface area contributed by atoms with Crippen LogP contribution in [-0.4, -0.2) is 44.6 Å². The van der Waals surface area contributed by atoms with Crippen LogP contribution in [0.4, 0.5) is 0 Å². The van der Waals surface area contributed by atoms with Gasteiger partial charge in [0.25, 0.3) is 0 Å². The van der Waals surface area contributed by atoms with E-state index in [-0.39, 0.29) is 22.8 Å². The molecule has 0 radical (unpaired) electrons. The third-order valence-electron chi connectivity index (χ3n) is 9.15.